The van der Waals surface area contributed by atoms with Crippen LogP contribution in [0, 0.1) is 20.8 Å². The maximum atomic E-state index is 12.7. The van der Waals surface area contributed by atoms with Crippen molar-refractivity contribution in [3.8, 4) is 5.69 Å². The Hall–Kier alpha value is -3.08. The van der Waals surface area contributed by atoms with Gasteiger partial charge in [0.15, 0.2) is 0 Å². The highest BCUT2D eigenvalue weighted by atomic mass is 16.1. The highest BCUT2D eigenvalue weighted by Gasteiger charge is 2.19. The summed E-state index contributed by atoms with van der Waals surface area (Å²) in [5.41, 5.74) is 7.55. The Bertz CT molecular complexity index is 1020. The fourth-order valence-corrected chi connectivity index (χ4v) is 4.12. The quantitative estimate of drug-likeness (QED) is 0.696. The van der Waals surface area contributed by atoms with Gasteiger partial charge in [-0.1, -0.05) is 35.9 Å². The van der Waals surface area contributed by atoms with Crippen LogP contribution < -0.4 is 10.2 Å². The molecule has 0 unspecified atom stereocenters. The SMILES string of the molecule is Cc1ccc2c(c1)CCCN2CCC(=O)Nc1c(C)nn(-c2ccccc2)c1C. The fraction of sp³-hybridized carbons (Fsp3) is 0.333. The Morgan fingerprint density at radius 3 is 2.69 bits per heavy atom. The van der Waals surface area contributed by atoms with Gasteiger partial charge >= 0.3 is 0 Å². The lowest BCUT2D eigenvalue weighted by Crippen LogP contribution is -2.32. The molecule has 0 saturated heterocycles. The second-order valence-electron chi connectivity index (χ2n) is 7.81. The van der Waals surface area contributed by atoms with Crippen molar-refractivity contribution in [2.24, 2.45) is 0 Å². The van der Waals surface area contributed by atoms with E-state index in [1.54, 1.807) is 0 Å². The van der Waals surface area contributed by atoms with E-state index >= 15 is 0 Å². The van der Waals surface area contributed by atoms with E-state index in [2.05, 4.69) is 40.4 Å². The van der Waals surface area contributed by atoms with Crippen LogP contribution >= 0.6 is 0 Å². The largest absolute Gasteiger partial charge is 0.371 e. The standard InChI is InChI=1S/C24H28N4O/c1-17-11-12-22-20(16-17)8-7-14-27(22)15-13-23(29)25-24-18(2)26-28(19(24)3)21-9-5-4-6-10-21/h4-6,9-12,16H,7-8,13-15H2,1-3H3,(H,25,29). The van der Waals surface area contributed by atoms with Gasteiger partial charge in [-0.05, 0) is 57.4 Å². The first-order valence-electron chi connectivity index (χ1n) is 10.3. The number of rotatable bonds is 5. The van der Waals surface area contributed by atoms with E-state index < -0.39 is 0 Å². The molecule has 0 atom stereocenters. The molecule has 2 heterocycles. The number of nitrogens with one attached hydrogen (secondary N) is 1. The lowest BCUT2D eigenvalue weighted by Gasteiger charge is -2.31. The first-order chi connectivity index (χ1) is 14.0. The number of amides is 1. The highest BCUT2D eigenvalue weighted by molar-refractivity contribution is 5.92. The number of carbonyl (C=O) groups is 1. The lowest BCUT2D eigenvalue weighted by molar-refractivity contribution is -0.116. The van der Waals surface area contributed by atoms with E-state index in [4.69, 9.17) is 0 Å². The maximum Gasteiger partial charge on any atom is 0.226 e. The molecule has 0 radical (unpaired) electrons. The summed E-state index contributed by atoms with van der Waals surface area (Å²) in [6.07, 6.45) is 2.72. The van der Waals surface area contributed by atoms with Crippen molar-refractivity contribution < 1.29 is 4.79 Å². The third-order valence-electron chi connectivity index (χ3n) is 5.62. The summed E-state index contributed by atoms with van der Waals surface area (Å²) in [6.45, 7) is 7.80. The van der Waals surface area contributed by atoms with Crippen molar-refractivity contribution in [3.63, 3.8) is 0 Å². The summed E-state index contributed by atoms with van der Waals surface area (Å²) in [5, 5.41) is 7.71. The number of nitrogens with zero attached hydrogens (tertiary/aromatic N) is 3. The molecule has 0 fully saturated rings. The van der Waals surface area contributed by atoms with E-state index in [0.717, 1.165) is 48.7 Å². The highest BCUT2D eigenvalue weighted by Crippen LogP contribution is 2.28. The molecule has 5 heteroatoms. The zero-order valence-electron chi connectivity index (χ0n) is 17.4. The second-order valence-corrected chi connectivity index (χ2v) is 7.81. The maximum absolute atomic E-state index is 12.7. The average molecular weight is 389 g/mol. The normalized spacial score (nSPS) is 13.3. The summed E-state index contributed by atoms with van der Waals surface area (Å²) in [7, 11) is 0. The molecular weight excluding hydrogens is 360 g/mol. The number of fused-ring (bicyclic) bond motifs is 1. The number of hydrogen-bond donors (Lipinski definition) is 1. The Labute approximate surface area is 172 Å². The van der Waals surface area contributed by atoms with Gasteiger partial charge in [-0.15, -0.1) is 0 Å². The van der Waals surface area contributed by atoms with Crippen LogP contribution in [0.5, 0.6) is 0 Å². The molecule has 0 bridgehead atoms. The van der Waals surface area contributed by atoms with Crippen LogP contribution in [-0.2, 0) is 11.2 Å². The zero-order valence-corrected chi connectivity index (χ0v) is 17.4. The molecule has 0 aliphatic carbocycles. The summed E-state index contributed by atoms with van der Waals surface area (Å²) >= 11 is 0. The molecule has 1 aromatic heterocycles. The van der Waals surface area contributed by atoms with Crippen LogP contribution in [0.4, 0.5) is 11.4 Å². The van der Waals surface area contributed by atoms with Gasteiger partial charge < -0.3 is 10.2 Å². The summed E-state index contributed by atoms with van der Waals surface area (Å²) in [5.74, 6) is 0.0306. The van der Waals surface area contributed by atoms with Crippen molar-refractivity contribution >= 4 is 17.3 Å². The smallest absolute Gasteiger partial charge is 0.226 e. The molecule has 4 rings (SSSR count). The first kappa shape index (κ1) is 19.2. The molecule has 1 N–H and O–H groups in total. The van der Waals surface area contributed by atoms with E-state index in [1.165, 1.54) is 16.8 Å². The van der Waals surface area contributed by atoms with E-state index in [9.17, 15) is 4.79 Å². The summed E-state index contributed by atoms with van der Waals surface area (Å²) < 4.78 is 1.88. The van der Waals surface area contributed by atoms with Crippen molar-refractivity contribution in [2.75, 3.05) is 23.3 Å². The summed E-state index contributed by atoms with van der Waals surface area (Å²) in [4.78, 5) is 15.0. The Morgan fingerprint density at radius 1 is 1.10 bits per heavy atom. The number of aryl methyl sites for hydroxylation is 3. The monoisotopic (exact) mass is 388 g/mol. The van der Waals surface area contributed by atoms with Crippen LogP contribution in [0.15, 0.2) is 48.5 Å². The zero-order chi connectivity index (χ0) is 20.4. The Morgan fingerprint density at radius 2 is 1.90 bits per heavy atom. The van der Waals surface area contributed by atoms with Gasteiger partial charge in [0.1, 0.15) is 0 Å². The minimum atomic E-state index is 0.0306. The van der Waals surface area contributed by atoms with Gasteiger partial charge in [0.25, 0.3) is 0 Å². The van der Waals surface area contributed by atoms with Gasteiger partial charge in [0.05, 0.1) is 22.8 Å². The number of aromatic nitrogens is 2. The second kappa shape index (κ2) is 8.11. The molecule has 0 spiro atoms. The van der Waals surface area contributed by atoms with Crippen molar-refractivity contribution in [3.05, 3.63) is 71.0 Å². The molecule has 1 amide bonds. The van der Waals surface area contributed by atoms with E-state index in [-0.39, 0.29) is 5.91 Å². The number of para-hydroxylation sites is 1. The summed E-state index contributed by atoms with van der Waals surface area (Å²) in [6, 6.07) is 16.6. The van der Waals surface area contributed by atoms with Gasteiger partial charge in [0.2, 0.25) is 5.91 Å². The molecule has 1 aliphatic heterocycles. The third-order valence-corrected chi connectivity index (χ3v) is 5.62. The van der Waals surface area contributed by atoms with Crippen LogP contribution in [0.3, 0.4) is 0 Å². The minimum Gasteiger partial charge on any atom is -0.371 e. The number of carbonyl (C=O) groups excluding carboxylic acids is 1. The molecule has 5 nitrogen and oxygen atoms in total. The Balaban J connectivity index is 1.43. The van der Waals surface area contributed by atoms with Crippen molar-refractivity contribution in [1.29, 1.82) is 0 Å². The van der Waals surface area contributed by atoms with Gasteiger partial charge in [-0.3, -0.25) is 4.79 Å². The molecule has 29 heavy (non-hydrogen) atoms. The topological polar surface area (TPSA) is 50.2 Å². The van der Waals surface area contributed by atoms with Crippen LogP contribution in [0.25, 0.3) is 5.69 Å². The molecule has 0 saturated carbocycles. The van der Waals surface area contributed by atoms with Crippen LogP contribution in [-0.4, -0.2) is 28.8 Å². The van der Waals surface area contributed by atoms with E-state index in [0.29, 0.717) is 6.42 Å². The number of benzene rings is 2. The van der Waals surface area contributed by atoms with E-state index in [1.807, 2.05) is 48.9 Å². The molecule has 1 aliphatic rings. The molecule has 150 valence electrons. The average Bonchev–Trinajstić information content (AvgIpc) is 3.01. The predicted molar refractivity (Wildman–Crippen MR) is 118 cm³/mol. The molecule has 2 aromatic carbocycles. The molecule has 3 aromatic rings. The lowest BCUT2D eigenvalue weighted by atomic mass is 9.99. The predicted octanol–water partition coefficient (Wildman–Crippen LogP) is 4.58. The van der Waals surface area contributed by atoms with Crippen LogP contribution in [0.2, 0.25) is 0 Å². The van der Waals surface area contributed by atoms with Gasteiger partial charge in [-0.2, -0.15) is 5.10 Å². The van der Waals surface area contributed by atoms with Crippen LogP contribution in [0.1, 0.15) is 35.4 Å². The van der Waals surface area contributed by atoms with Crippen molar-refractivity contribution in [2.45, 2.75) is 40.0 Å². The van der Waals surface area contributed by atoms with Gasteiger partial charge in [-0.25, -0.2) is 4.68 Å². The third kappa shape index (κ3) is 4.04. The minimum absolute atomic E-state index is 0.0306. The first-order valence-corrected chi connectivity index (χ1v) is 10.3. The molecular formula is C24H28N4O. The number of anilines is 2. The fourth-order valence-electron chi connectivity index (χ4n) is 4.12. The van der Waals surface area contributed by atoms with Gasteiger partial charge in [0, 0.05) is 25.2 Å². The van der Waals surface area contributed by atoms with Crippen molar-refractivity contribution in [1.82, 2.24) is 9.78 Å². The number of hydrogen-bond acceptors (Lipinski definition) is 3. The Kier molecular flexibility index (Phi) is 5.38.